The van der Waals surface area contributed by atoms with E-state index in [0.29, 0.717) is 10.3 Å². The van der Waals surface area contributed by atoms with E-state index in [1.54, 1.807) is 24.5 Å². The summed E-state index contributed by atoms with van der Waals surface area (Å²) < 4.78 is 3.19. The molecule has 0 radical (unpaired) electrons. The molecule has 2 aromatic heterocycles. The van der Waals surface area contributed by atoms with Gasteiger partial charge in [0.25, 0.3) is 0 Å². The smallest absolute Gasteiger partial charge is 0.240 e. The average Bonchev–Trinajstić information content (AvgIpc) is 2.83. The van der Waals surface area contributed by atoms with Gasteiger partial charge in [-0.25, -0.2) is 4.68 Å². The van der Waals surface area contributed by atoms with E-state index in [0.717, 1.165) is 16.8 Å². The Hall–Kier alpha value is -3.00. The number of carbonyl (C=O) groups excluding carboxylic acids is 1. The molecule has 3 aromatic rings. The molecule has 0 fully saturated rings. The first-order valence-corrected chi connectivity index (χ1v) is 8.09. The fourth-order valence-electron chi connectivity index (χ4n) is 2.54. The minimum absolute atomic E-state index is 0.0258. The van der Waals surface area contributed by atoms with Gasteiger partial charge in [0.1, 0.15) is 6.54 Å². The Bertz CT molecular complexity index is 977. The molecule has 0 spiro atoms. The zero-order valence-corrected chi connectivity index (χ0v) is 14.7. The van der Waals surface area contributed by atoms with Crippen molar-refractivity contribution in [1.29, 1.82) is 0 Å². The van der Waals surface area contributed by atoms with Crippen molar-refractivity contribution in [3.05, 3.63) is 64.2 Å². The SMILES string of the molecule is Cc1ccc(C(=O)Cn2nc(N)n(Nc3ccncc3)c2=S)c(C)c1. The van der Waals surface area contributed by atoms with Crippen molar-refractivity contribution in [2.75, 3.05) is 11.2 Å². The number of aromatic nitrogens is 4. The highest BCUT2D eigenvalue weighted by atomic mass is 32.1. The van der Waals surface area contributed by atoms with Gasteiger partial charge in [-0.05, 0) is 43.8 Å². The molecule has 1 aromatic carbocycles. The number of hydrogen-bond acceptors (Lipinski definition) is 6. The molecule has 0 unspecified atom stereocenters. The predicted molar refractivity (Wildman–Crippen MR) is 99.0 cm³/mol. The number of nitrogens with zero attached hydrogens (tertiary/aromatic N) is 4. The van der Waals surface area contributed by atoms with Crippen LogP contribution in [-0.4, -0.2) is 25.2 Å². The molecule has 0 aliphatic heterocycles. The van der Waals surface area contributed by atoms with Crippen molar-refractivity contribution in [3.8, 4) is 0 Å². The molecule has 128 valence electrons. The van der Waals surface area contributed by atoms with Crippen molar-refractivity contribution in [1.82, 2.24) is 19.4 Å². The van der Waals surface area contributed by atoms with Crippen molar-refractivity contribution in [2.45, 2.75) is 20.4 Å². The molecule has 0 aliphatic carbocycles. The van der Waals surface area contributed by atoms with Crippen molar-refractivity contribution < 1.29 is 4.79 Å². The van der Waals surface area contributed by atoms with Crippen LogP contribution in [0.4, 0.5) is 11.6 Å². The normalized spacial score (nSPS) is 10.6. The molecule has 0 bridgehead atoms. The molecular formula is C17H18N6OS. The number of anilines is 2. The topological polar surface area (TPSA) is 90.8 Å². The van der Waals surface area contributed by atoms with Gasteiger partial charge in [-0.3, -0.25) is 15.2 Å². The number of aryl methyl sites for hydroxylation is 2. The third kappa shape index (κ3) is 3.58. The Balaban J connectivity index is 1.85. The number of benzene rings is 1. The lowest BCUT2D eigenvalue weighted by Crippen LogP contribution is -2.15. The largest absolute Gasteiger partial charge is 0.366 e. The van der Waals surface area contributed by atoms with Gasteiger partial charge < -0.3 is 5.73 Å². The molecule has 3 rings (SSSR count). The summed E-state index contributed by atoms with van der Waals surface area (Å²) >= 11 is 5.39. The summed E-state index contributed by atoms with van der Waals surface area (Å²) in [5, 5.41) is 4.17. The quantitative estimate of drug-likeness (QED) is 0.541. The fraction of sp³-hybridized carbons (Fsp3) is 0.176. The second-order valence-corrected chi connectivity index (χ2v) is 6.09. The molecule has 7 nitrogen and oxygen atoms in total. The van der Waals surface area contributed by atoms with Crippen LogP contribution in [0.5, 0.6) is 0 Å². The maximum atomic E-state index is 12.6. The predicted octanol–water partition coefficient (Wildman–Crippen LogP) is 2.77. The monoisotopic (exact) mass is 354 g/mol. The van der Waals surface area contributed by atoms with E-state index < -0.39 is 0 Å². The highest BCUT2D eigenvalue weighted by Crippen LogP contribution is 2.13. The summed E-state index contributed by atoms with van der Waals surface area (Å²) in [5.41, 5.74) is 12.4. The van der Waals surface area contributed by atoms with Gasteiger partial charge in [0, 0.05) is 18.0 Å². The van der Waals surface area contributed by atoms with Gasteiger partial charge in [0.2, 0.25) is 10.7 Å². The van der Waals surface area contributed by atoms with Crippen LogP contribution in [0.3, 0.4) is 0 Å². The number of nitrogen functional groups attached to an aromatic ring is 1. The summed E-state index contributed by atoms with van der Waals surface area (Å²) in [4.78, 5) is 16.5. The minimum atomic E-state index is -0.0674. The van der Waals surface area contributed by atoms with Crippen LogP contribution in [0.1, 0.15) is 21.5 Å². The van der Waals surface area contributed by atoms with Crippen LogP contribution in [-0.2, 0) is 6.54 Å². The molecule has 0 saturated heterocycles. The second kappa shape index (κ2) is 6.86. The van der Waals surface area contributed by atoms with Gasteiger partial charge in [-0.1, -0.05) is 23.8 Å². The third-order valence-corrected chi connectivity index (χ3v) is 4.15. The molecule has 2 heterocycles. The number of Topliss-reactive ketones (excluding diaryl/α,β-unsaturated/α-hetero) is 1. The Morgan fingerprint density at radius 2 is 1.96 bits per heavy atom. The van der Waals surface area contributed by atoms with E-state index in [1.165, 1.54) is 9.36 Å². The number of rotatable bonds is 5. The molecule has 25 heavy (non-hydrogen) atoms. The second-order valence-electron chi connectivity index (χ2n) is 5.72. The van der Waals surface area contributed by atoms with E-state index in [-0.39, 0.29) is 18.3 Å². The molecule has 0 aliphatic rings. The van der Waals surface area contributed by atoms with Crippen LogP contribution in [0.2, 0.25) is 0 Å². The van der Waals surface area contributed by atoms with Gasteiger partial charge in [-0.15, -0.1) is 5.10 Å². The van der Waals surface area contributed by atoms with Crippen LogP contribution in [0.15, 0.2) is 42.7 Å². The van der Waals surface area contributed by atoms with Gasteiger partial charge >= 0.3 is 0 Å². The van der Waals surface area contributed by atoms with Gasteiger partial charge in [-0.2, -0.15) is 4.68 Å². The highest BCUT2D eigenvalue weighted by molar-refractivity contribution is 7.71. The number of pyridine rings is 1. The third-order valence-electron chi connectivity index (χ3n) is 3.76. The summed E-state index contributed by atoms with van der Waals surface area (Å²) in [6.45, 7) is 3.93. The lowest BCUT2D eigenvalue weighted by Gasteiger charge is -2.07. The fourth-order valence-corrected chi connectivity index (χ4v) is 2.78. The number of hydrogen-bond donors (Lipinski definition) is 2. The molecule has 0 atom stereocenters. The van der Waals surface area contributed by atoms with Crippen molar-refractivity contribution >= 4 is 29.6 Å². The summed E-state index contributed by atoms with van der Waals surface area (Å²) in [6.07, 6.45) is 3.30. The van der Waals surface area contributed by atoms with E-state index in [1.807, 2.05) is 32.0 Å². The molecule has 3 N–H and O–H groups in total. The van der Waals surface area contributed by atoms with E-state index in [2.05, 4.69) is 15.5 Å². The van der Waals surface area contributed by atoms with Crippen LogP contribution in [0.25, 0.3) is 0 Å². The number of carbonyl (C=O) groups is 1. The molecule has 0 amide bonds. The van der Waals surface area contributed by atoms with E-state index in [9.17, 15) is 4.79 Å². The van der Waals surface area contributed by atoms with Gasteiger partial charge in [0.05, 0.1) is 5.69 Å². The van der Waals surface area contributed by atoms with Crippen molar-refractivity contribution in [2.24, 2.45) is 0 Å². The summed E-state index contributed by atoms with van der Waals surface area (Å²) in [5.74, 6) is 0.109. The summed E-state index contributed by atoms with van der Waals surface area (Å²) in [6, 6.07) is 9.27. The maximum Gasteiger partial charge on any atom is 0.240 e. The number of ketones is 1. The minimum Gasteiger partial charge on any atom is -0.366 e. The molecule has 8 heteroatoms. The van der Waals surface area contributed by atoms with Gasteiger partial charge in [0.15, 0.2) is 5.78 Å². The average molecular weight is 354 g/mol. The molecular weight excluding hydrogens is 336 g/mol. The Morgan fingerprint density at radius 1 is 1.24 bits per heavy atom. The zero-order valence-electron chi connectivity index (χ0n) is 13.9. The Kier molecular flexibility index (Phi) is 4.62. The van der Waals surface area contributed by atoms with Crippen LogP contribution >= 0.6 is 12.2 Å². The standard InChI is InChI=1S/C17H18N6OS/c1-11-3-4-14(12(2)9-11)15(24)10-22-17(25)23(16(18)21-22)20-13-5-7-19-8-6-13/h3-9H,10H2,1-2H3,(H2,18,21)(H,19,20). The van der Waals surface area contributed by atoms with Crippen LogP contribution in [0, 0.1) is 18.6 Å². The number of nitrogens with two attached hydrogens (primary N) is 1. The van der Waals surface area contributed by atoms with Crippen molar-refractivity contribution in [3.63, 3.8) is 0 Å². The zero-order chi connectivity index (χ0) is 18.0. The van der Waals surface area contributed by atoms with Crippen LogP contribution < -0.4 is 11.2 Å². The summed E-state index contributed by atoms with van der Waals surface area (Å²) in [7, 11) is 0. The maximum absolute atomic E-state index is 12.6. The first kappa shape index (κ1) is 16.8. The lowest BCUT2D eigenvalue weighted by molar-refractivity contribution is 0.0966. The Labute approximate surface area is 150 Å². The first-order valence-electron chi connectivity index (χ1n) is 7.68. The Morgan fingerprint density at radius 3 is 2.64 bits per heavy atom. The first-order chi connectivity index (χ1) is 12.0. The lowest BCUT2D eigenvalue weighted by atomic mass is 10.0. The molecule has 0 saturated carbocycles. The van der Waals surface area contributed by atoms with E-state index >= 15 is 0 Å². The highest BCUT2D eigenvalue weighted by Gasteiger charge is 2.14. The number of nitrogens with one attached hydrogen (secondary N) is 1. The van der Waals surface area contributed by atoms with E-state index in [4.69, 9.17) is 18.0 Å².